The lowest BCUT2D eigenvalue weighted by Gasteiger charge is -2.10. The van der Waals surface area contributed by atoms with Gasteiger partial charge in [-0.05, 0) is 68.5 Å². The first-order chi connectivity index (χ1) is 14.6. The Balaban J connectivity index is 1.54. The van der Waals surface area contributed by atoms with Crippen molar-refractivity contribution in [3.05, 3.63) is 60.0 Å². The number of hydrogen-bond acceptors (Lipinski definition) is 7. The van der Waals surface area contributed by atoms with E-state index in [1.165, 1.54) is 0 Å². The Labute approximate surface area is 179 Å². The zero-order valence-corrected chi connectivity index (χ0v) is 17.5. The Morgan fingerprint density at radius 3 is 2.67 bits per heavy atom. The molecule has 0 aliphatic heterocycles. The van der Waals surface area contributed by atoms with Crippen LogP contribution in [-0.4, -0.2) is 34.4 Å². The van der Waals surface area contributed by atoms with Crippen LogP contribution in [0.2, 0.25) is 0 Å². The van der Waals surface area contributed by atoms with Gasteiger partial charge < -0.3 is 24.6 Å². The largest absolute Gasteiger partial charge is 0.494 e. The summed E-state index contributed by atoms with van der Waals surface area (Å²) in [6, 6.07) is 14.4. The van der Waals surface area contributed by atoms with Crippen LogP contribution in [0.1, 0.15) is 30.1 Å². The molecule has 0 radical (unpaired) electrons. The zero-order valence-electron chi connectivity index (χ0n) is 16.7. The van der Waals surface area contributed by atoms with Gasteiger partial charge in [-0.1, -0.05) is 11.2 Å². The number of thiocarbonyl (C=S) groups is 1. The average molecular weight is 426 g/mol. The average Bonchev–Trinajstić information content (AvgIpc) is 3.22. The van der Waals surface area contributed by atoms with Crippen LogP contribution in [0.15, 0.2) is 53.1 Å². The van der Waals surface area contributed by atoms with Crippen LogP contribution < -0.4 is 15.4 Å². The molecule has 0 fully saturated rings. The Bertz CT molecular complexity index is 1000. The first-order valence-corrected chi connectivity index (χ1v) is 9.87. The number of carbonyl (C=O) groups excluding carboxylic acids is 1. The van der Waals surface area contributed by atoms with E-state index in [-0.39, 0.29) is 12.5 Å². The summed E-state index contributed by atoms with van der Waals surface area (Å²) < 4.78 is 15.7. The van der Waals surface area contributed by atoms with Crippen LogP contribution in [0.5, 0.6) is 5.75 Å². The molecule has 0 saturated carbocycles. The van der Waals surface area contributed by atoms with Gasteiger partial charge in [0.2, 0.25) is 11.7 Å². The van der Waals surface area contributed by atoms with Crippen molar-refractivity contribution in [1.82, 2.24) is 15.5 Å². The molecule has 30 heavy (non-hydrogen) atoms. The van der Waals surface area contributed by atoms with E-state index in [2.05, 4.69) is 20.8 Å². The Kier molecular flexibility index (Phi) is 7.34. The second-order valence-electron chi connectivity index (χ2n) is 6.08. The topological polar surface area (TPSA) is 98.5 Å². The number of ether oxygens (including phenoxy) is 2. The van der Waals surface area contributed by atoms with Crippen molar-refractivity contribution < 1.29 is 18.8 Å². The fraction of sp³-hybridized carbons (Fsp3) is 0.238. The Morgan fingerprint density at radius 2 is 1.93 bits per heavy atom. The molecular formula is C21H22N4O4S. The molecule has 9 heteroatoms. The zero-order chi connectivity index (χ0) is 21.3. The molecule has 8 nitrogen and oxygen atoms in total. The summed E-state index contributed by atoms with van der Waals surface area (Å²) in [4.78, 5) is 16.2. The third kappa shape index (κ3) is 5.77. The number of carbonyl (C=O) groups is 1. The SMILES string of the molecule is CCOC(=O)c1cccc(NC(=S)NCc2nc(-c3ccc(OCC)cc3)no2)c1. The van der Waals surface area contributed by atoms with Crippen LogP contribution in [0, 0.1) is 0 Å². The molecule has 1 heterocycles. The summed E-state index contributed by atoms with van der Waals surface area (Å²) in [6.07, 6.45) is 0. The Hall–Kier alpha value is -3.46. The molecule has 0 spiro atoms. The fourth-order valence-electron chi connectivity index (χ4n) is 2.58. The number of esters is 1. The summed E-state index contributed by atoms with van der Waals surface area (Å²) in [5.74, 6) is 1.28. The van der Waals surface area contributed by atoms with Crippen molar-refractivity contribution in [3.63, 3.8) is 0 Å². The van der Waals surface area contributed by atoms with Crippen LogP contribution in [0.4, 0.5) is 5.69 Å². The summed E-state index contributed by atoms with van der Waals surface area (Å²) >= 11 is 5.29. The minimum atomic E-state index is -0.382. The molecule has 3 rings (SSSR count). The van der Waals surface area contributed by atoms with Gasteiger partial charge in [-0.2, -0.15) is 4.98 Å². The predicted octanol–water partition coefficient (Wildman–Crippen LogP) is 3.80. The van der Waals surface area contributed by atoms with E-state index in [0.717, 1.165) is 11.3 Å². The summed E-state index contributed by atoms with van der Waals surface area (Å²) in [5, 5.41) is 10.4. The molecule has 1 aromatic heterocycles. The number of benzene rings is 2. The maximum atomic E-state index is 11.8. The minimum Gasteiger partial charge on any atom is -0.494 e. The highest BCUT2D eigenvalue weighted by atomic mass is 32.1. The van der Waals surface area contributed by atoms with E-state index in [9.17, 15) is 4.79 Å². The van der Waals surface area contributed by atoms with Gasteiger partial charge in [0.25, 0.3) is 0 Å². The van der Waals surface area contributed by atoms with Crippen molar-refractivity contribution in [3.8, 4) is 17.1 Å². The standard InChI is InChI=1S/C21H22N4O4S/c1-3-27-17-10-8-14(9-11-17)19-24-18(29-25-19)13-22-21(30)23-16-7-5-6-15(12-16)20(26)28-4-2/h5-12H,3-4,13H2,1-2H3,(H2,22,23,30). The van der Waals surface area contributed by atoms with E-state index in [1.54, 1.807) is 31.2 Å². The lowest BCUT2D eigenvalue weighted by atomic mass is 10.2. The highest BCUT2D eigenvalue weighted by Crippen LogP contribution is 2.20. The fourth-order valence-corrected chi connectivity index (χ4v) is 2.77. The van der Waals surface area contributed by atoms with Crippen LogP contribution in [-0.2, 0) is 11.3 Å². The van der Waals surface area contributed by atoms with Crippen molar-refractivity contribution >= 4 is 29.0 Å². The summed E-state index contributed by atoms with van der Waals surface area (Å²) in [6.45, 7) is 4.88. The van der Waals surface area contributed by atoms with Crippen molar-refractivity contribution in [2.24, 2.45) is 0 Å². The number of anilines is 1. The summed E-state index contributed by atoms with van der Waals surface area (Å²) in [5.41, 5.74) is 1.94. The lowest BCUT2D eigenvalue weighted by Crippen LogP contribution is -2.28. The number of nitrogens with one attached hydrogen (secondary N) is 2. The van der Waals surface area contributed by atoms with Gasteiger partial charge in [0, 0.05) is 11.3 Å². The molecule has 2 aromatic carbocycles. The van der Waals surface area contributed by atoms with Gasteiger partial charge in [-0.25, -0.2) is 4.79 Å². The van der Waals surface area contributed by atoms with Crippen molar-refractivity contribution in [2.45, 2.75) is 20.4 Å². The van der Waals surface area contributed by atoms with Gasteiger partial charge in [-0.3, -0.25) is 0 Å². The lowest BCUT2D eigenvalue weighted by molar-refractivity contribution is 0.0526. The monoisotopic (exact) mass is 426 g/mol. The highest BCUT2D eigenvalue weighted by Gasteiger charge is 2.10. The van der Waals surface area contributed by atoms with Gasteiger partial charge in [0.15, 0.2) is 5.11 Å². The molecule has 3 aromatic rings. The van der Waals surface area contributed by atoms with E-state index >= 15 is 0 Å². The number of nitrogens with zero attached hydrogens (tertiary/aromatic N) is 2. The van der Waals surface area contributed by atoms with E-state index < -0.39 is 0 Å². The first-order valence-electron chi connectivity index (χ1n) is 9.47. The van der Waals surface area contributed by atoms with E-state index in [1.807, 2.05) is 31.2 Å². The summed E-state index contributed by atoms with van der Waals surface area (Å²) in [7, 11) is 0. The number of hydrogen-bond donors (Lipinski definition) is 2. The second kappa shape index (κ2) is 10.4. The molecule has 0 atom stereocenters. The number of rotatable bonds is 8. The molecule has 0 saturated heterocycles. The molecule has 0 unspecified atom stereocenters. The third-order valence-corrected chi connectivity index (χ3v) is 4.17. The molecule has 156 valence electrons. The molecule has 0 aliphatic rings. The normalized spacial score (nSPS) is 10.3. The van der Waals surface area contributed by atoms with Gasteiger partial charge in [-0.15, -0.1) is 0 Å². The smallest absolute Gasteiger partial charge is 0.338 e. The highest BCUT2D eigenvalue weighted by molar-refractivity contribution is 7.80. The van der Waals surface area contributed by atoms with Gasteiger partial charge in [0.05, 0.1) is 25.3 Å². The van der Waals surface area contributed by atoms with Crippen LogP contribution >= 0.6 is 12.2 Å². The van der Waals surface area contributed by atoms with E-state index in [4.69, 9.17) is 26.2 Å². The third-order valence-electron chi connectivity index (χ3n) is 3.92. The maximum Gasteiger partial charge on any atom is 0.338 e. The quantitative estimate of drug-likeness (QED) is 0.412. The molecule has 2 N–H and O–H groups in total. The molecule has 0 amide bonds. The first kappa shape index (κ1) is 21.3. The van der Waals surface area contributed by atoms with Gasteiger partial charge in [0.1, 0.15) is 5.75 Å². The van der Waals surface area contributed by atoms with Crippen molar-refractivity contribution in [2.75, 3.05) is 18.5 Å². The molecule has 0 bridgehead atoms. The Morgan fingerprint density at radius 1 is 1.13 bits per heavy atom. The second-order valence-corrected chi connectivity index (χ2v) is 6.49. The van der Waals surface area contributed by atoms with Crippen molar-refractivity contribution in [1.29, 1.82) is 0 Å². The number of aromatic nitrogens is 2. The molecular weight excluding hydrogens is 404 g/mol. The van der Waals surface area contributed by atoms with Gasteiger partial charge >= 0.3 is 5.97 Å². The van der Waals surface area contributed by atoms with Crippen LogP contribution in [0.3, 0.4) is 0 Å². The molecule has 0 aliphatic carbocycles. The van der Waals surface area contributed by atoms with E-state index in [0.29, 0.717) is 41.3 Å². The minimum absolute atomic E-state index is 0.257. The predicted molar refractivity (Wildman–Crippen MR) is 116 cm³/mol. The maximum absolute atomic E-state index is 11.8. The van der Waals surface area contributed by atoms with Crippen LogP contribution in [0.25, 0.3) is 11.4 Å².